The van der Waals surface area contributed by atoms with Crippen molar-refractivity contribution >= 4 is 11.9 Å². The average Bonchev–Trinajstić information content (AvgIpc) is 2.50. The van der Waals surface area contributed by atoms with Gasteiger partial charge >= 0.3 is 5.97 Å². The van der Waals surface area contributed by atoms with Gasteiger partial charge in [0, 0.05) is 6.92 Å². The SMILES string of the molecule is CC(=O)N[C@H]1[C@@H](O)[C@@H](OCc2ccccc2)[C@H](C(=O)O)O[C@H]1O. The highest BCUT2D eigenvalue weighted by Gasteiger charge is 2.48. The number of aliphatic hydroxyl groups is 2. The predicted molar refractivity (Wildman–Crippen MR) is 77.1 cm³/mol. The van der Waals surface area contributed by atoms with E-state index in [9.17, 15) is 24.9 Å². The summed E-state index contributed by atoms with van der Waals surface area (Å²) >= 11 is 0. The molecular weight excluding hydrogens is 306 g/mol. The van der Waals surface area contributed by atoms with Crippen molar-refractivity contribution in [3.05, 3.63) is 35.9 Å². The van der Waals surface area contributed by atoms with E-state index in [2.05, 4.69) is 5.32 Å². The lowest BCUT2D eigenvalue weighted by atomic mass is 9.96. The first-order chi connectivity index (χ1) is 10.9. The number of benzene rings is 1. The molecule has 2 rings (SSSR count). The molecule has 0 unspecified atom stereocenters. The van der Waals surface area contributed by atoms with Crippen LogP contribution < -0.4 is 5.32 Å². The largest absolute Gasteiger partial charge is 0.479 e. The van der Waals surface area contributed by atoms with Gasteiger partial charge in [0.25, 0.3) is 0 Å². The third-order valence-corrected chi connectivity index (χ3v) is 3.49. The summed E-state index contributed by atoms with van der Waals surface area (Å²) in [4.78, 5) is 22.4. The lowest BCUT2D eigenvalue weighted by Gasteiger charge is -2.41. The Morgan fingerprint density at radius 3 is 2.48 bits per heavy atom. The Hall–Kier alpha value is -2.00. The molecule has 23 heavy (non-hydrogen) atoms. The van der Waals surface area contributed by atoms with Crippen molar-refractivity contribution in [1.82, 2.24) is 5.32 Å². The van der Waals surface area contributed by atoms with E-state index < -0.39 is 42.5 Å². The third kappa shape index (κ3) is 4.26. The number of rotatable bonds is 5. The van der Waals surface area contributed by atoms with E-state index in [1.807, 2.05) is 6.07 Å². The van der Waals surface area contributed by atoms with Crippen molar-refractivity contribution in [1.29, 1.82) is 0 Å². The van der Waals surface area contributed by atoms with Crippen molar-refractivity contribution < 1.29 is 34.4 Å². The normalized spacial score (nSPS) is 30.7. The Bertz CT molecular complexity index is 550. The molecule has 0 aromatic heterocycles. The van der Waals surface area contributed by atoms with Crippen LogP contribution >= 0.6 is 0 Å². The Balaban J connectivity index is 2.13. The number of carbonyl (C=O) groups excluding carboxylic acids is 1. The highest BCUT2D eigenvalue weighted by Crippen LogP contribution is 2.24. The van der Waals surface area contributed by atoms with Crippen molar-refractivity contribution in [2.45, 2.75) is 44.2 Å². The molecule has 4 N–H and O–H groups in total. The number of carboxylic acid groups (broad SMARTS) is 1. The van der Waals surface area contributed by atoms with Gasteiger partial charge in [-0.05, 0) is 5.56 Å². The standard InChI is InChI=1S/C15H19NO7/c1-8(17)16-10-11(18)12(13(14(19)20)23-15(10)21)22-7-9-5-3-2-4-6-9/h2-6,10-13,15,18,21H,7H2,1H3,(H,16,17)(H,19,20)/t10-,11+,12+,13+,15+/m0/s1. The van der Waals surface area contributed by atoms with Crippen molar-refractivity contribution in [3.8, 4) is 0 Å². The molecule has 1 amide bonds. The van der Waals surface area contributed by atoms with Gasteiger partial charge < -0.3 is 30.1 Å². The molecule has 1 aliphatic heterocycles. The van der Waals surface area contributed by atoms with E-state index in [0.717, 1.165) is 5.56 Å². The monoisotopic (exact) mass is 325 g/mol. The minimum Gasteiger partial charge on any atom is -0.479 e. The van der Waals surface area contributed by atoms with Crippen molar-refractivity contribution in [3.63, 3.8) is 0 Å². The molecule has 1 fully saturated rings. The minimum absolute atomic E-state index is 0.0542. The summed E-state index contributed by atoms with van der Waals surface area (Å²) in [7, 11) is 0. The quantitative estimate of drug-likeness (QED) is 0.560. The summed E-state index contributed by atoms with van der Waals surface area (Å²) in [6.45, 7) is 1.27. The van der Waals surface area contributed by atoms with Crippen LogP contribution in [-0.4, -0.2) is 57.8 Å². The van der Waals surface area contributed by atoms with E-state index in [0.29, 0.717) is 0 Å². The van der Waals surface area contributed by atoms with E-state index in [1.54, 1.807) is 24.3 Å². The van der Waals surface area contributed by atoms with E-state index in [1.165, 1.54) is 6.92 Å². The second-order valence-corrected chi connectivity index (χ2v) is 5.26. The fourth-order valence-electron chi connectivity index (χ4n) is 2.41. The van der Waals surface area contributed by atoms with Crippen LogP contribution in [0.4, 0.5) is 0 Å². The molecule has 0 aliphatic carbocycles. The number of amides is 1. The van der Waals surface area contributed by atoms with Crippen molar-refractivity contribution in [2.24, 2.45) is 0 Å². The number of hydrogen-bond acceptors (Lipinski definition) is 6. The van der Waals surface area contributed by atoms with Gasteiger partial charge in [0.1, 0.15) is 18.2 Å². The lowest BCUT2D eigenvalue weighted by molar-refractivity contribution is -0.259. The fourth-order valence-corrected chi connectivity index (χ4v) is 2.41. The van der Waals surface area contributed by atoms with Gasteiger partial charge in [-0.2, -0.15) is 0 Å². The number of nitrogens with one attached hydrogen (secondary N) is 1. The number of carboxylic acids is 1. The maximum absolute atomic E-state index is 11.3. The first-order valence-electron chi connectivity index (χ1n) is 7.07. The van der Waals surface area contributed by atoms with E-state index in [4.69, 9.17) is 9.47 Å². The molecule has 126 valence electrons. The molecule has 1 aromatic rings. The third-order valence-electron chi connectivity index (χ3n) is 3.49. The predicted octanol–water partition coefficient (Wildman–Crippen LogP) is -0.761. The van der Waals surface area contributed by atoms with Crippen LogP contribution in [0.3, 0.4) is 0 Å². The molecular formula is C15H19NO7. The molecule has 1 saturated heterocycles. The molecule has 8 heteroatoms. The molecule has 0 radical (unpaired) electrons. The van der Waals surface area contributed by atoms with Crippen LogP contribution in [0.5, 0.6) is 0 Å². The molecule has 0 saturated carbocycles. The number of ether oxygens (including phenoxy) is 2. The Morgan fingerprint density at radius 2 is 1.91 bits per heavy atom. The van der Waals surface area contributed by atoms with Gasteiger partial charge in [0.2, 0.25) is 5.91 Å². The summed E-state index contributed by atoms with van der Waals surface area (Å²) in [6, 6.07) is 7.81. The Labute approximate surface area is 132 Å². The van der Waals surface area contributed by atoms with E-state index in [-0.39, 0.29) is 6.61 Å². The number of aliphatic hydroxyl groups excluding tert-OH is 2. The molecule has 1 aliphatic rings. The van der Waals surface area contributed by atoms with Crippen LogP contribution in [0.1, 0.15) is 12.5 Å². The van der Waals surface area contributed by atoms with Crippen molar-refractivity contribution in [2.75, 3.05) is 0 Å². The second kappa shape index (κ2) is 7.51. The lowest BCUT2D eigenvalue weighted by Crippen LogP contribution is -2.65. The van der Waals surface area contributed by atoms with Crippen LogP contribution in [-0.2, 0) is 25.7 Å². The summed E-state index contributed by atoms with van der Waals surface area (Å²) in [5, 5.41) is 31.6. The fraction of sp³-hybridized carbons (Fsp3) is 0.467. The molecule has 8 nitrogen and oxygen atoms in total. The van der Waals surface area contributed by atoms with Gasteiger partial charge in [-0.15, -0.1) is 0 Å². The van der Waals surface area contributed by atoms with Gasteiger partial charge in [0.05, 0.1) is 6.61 Å². The van der Waals surface area contributed by atoms with Crippen LogP contribution in [0.25, 0.3) is 0 Å². The molecule has 1 aromatic carbocycles. The summed E-state index contributed by atoms with van der Waals surface area (Å²) < 4.78 is 10.5. The van der Waals surface area contributed by atoms with Gasteiger partial charge in [-0.25, -0.2) is 4.79 Å². The minimum atomic E-state index is -1.65. The van der Waals surface area contributed by atoms with Gasteiger partial charge in [-0.3, -0.25) is 4.79 Å². The van der Waals surface area contributed by atoms with Crippen LogP contribution in [0, 0.1) is 0 Å². The maximum Gasteiger partial charge on any atom is 0.335 e. The number of hydrogen-bond donors (Lipinski definition) is 4. The average molecular weight is 325 g/mol. The first kappa shape index (κ1) is 17.4. The smallest absolute Gasteiger partial charge is 0.335 e. The highest BCUT2D eigenvalue weighted by atomic mass is 16.6. The molecule has 0 bridgehead atoms. The van der Waals surface area contributed by atoms with Crippen LogP contribution in [0.15, 0.2) is 30.3 Å². The Kier molecular flexibility index (Phi) is 5.67. The number of aliphatic carboxylic acids is 1. The summed E-state index contributed by atoms with van der Waals surface area (Å²) in [5.74, 6) is -1.87. The first-order valence-corrected chi connectivity index (χ1v) is 7.07. The molecule has 1 heterocycles. The molecule has 0 spiro atoms. The van der Waals surface area contributed by atoms with Gasteiger partial charge in [0.15, 0.2) is 12.4 Å². The zero-order valence-electron chi connectivity index (χ0n) is 12.5. The highest BCUT2D eigenvalue weighted by molar-refractivity contribution is 5.74. The maximum atomic E-state index is 11.3. The topological polar surface area (TPSA) is 125 Å². The summed E-state index contributed by atoms with van der Waals surface area (Å²) in [5.41, 5.74) is 0.783. The Morgan fingerprint density at radius 1 is 1.26 bits per heavy atom. The van der Waals surface area contributed by atoms with E-state index >= 15 is 0 Å². The van der Waals surface area contributed by atoms with Crippen LogP contribution in [0.2, 0.25) is 0 Å². The zero-order valence-corrected chi connectivity index (χ0v) is 12.5. The van der Waals surface area contributed by atoms with Gasteiger partial charge in [-0.1, -0.05) is 30.3 Å². The zero-order chi connectivity index (χ0) is 17.0. The molecule has 5 atom stereocenters. The summed E-state index contributed by atoms with van der Waals surface area (Å²) in [6.07, 6.45) is -5.87. The number of carbonyl (C=O) groups is 2. The second-order valence-electron chi connectivity index (χ2n) is 5.26.